The second-order valence-corrected chi connectivity index (χ2v) is 4.87. The molecule has 1 N–H and O–H groups in total. The van der Waals surface area contributed by atoms with Crippen molar-refractivity contribution in [3.8, 4) is 5.88 Å². The lowest BCUT2D eigenvalue weighted by atomic mass is 9.99. The lowest BCUT2D eigenvalue weighted by Crippen LogP contribution is -2.23. The van der Waals surface area contributed by atoms with E-state index in [4.69, 9.17) is 4.74 Å². The lowest BCUT2D eigenvalue weighted by molar-refractivity contribution is 0.395. The third kappa shape index (κ3) is 3.98. The summed E-state index contributed by atoms with van der Waals surface area (Å²) in [6.07, 6.45) is 2.19. The van der Waals surface area contributed by atoms with Crippen LogP contribution < -0.4 is 10.1 Å². The van der Waals surface area contributed by atoms with E-state index >= 15 is 0 Å². The summed E-state index contributed by atoms with van der Waals surface area (Å²) in [5, 5.41) is 3.41. The normalized spacial score (nSPS) is 12.2. The number of hydrogen-bond donors (Lipinski definition) is 1. The summed E-state index contributed by atoms with van der Waals surface area (Å²) in [6.45, 7) is 4.64. The highest BCUT2D eigenvalue weighted by Crippen LogP contribution is 2.21. The van der Waals surface area contributed by atoms with Crippen LogP contribution in [0.25, 0.3) is 0 Å². The zero-order chi connectivity index (χ0) is 15.2. The Bertz CT molecular complexity index is 604. The number of aromatic nitrogens is 2. The maximum absolute atomic E-state index is 13.4. The summed E-state index contributed by atoms with van der Waals surface area (Å²) in [4.78, 5) is 8.28. The molecule has 0 aliphatic heterocycles. The molecule has 0 aliphatic rings. The molecule has 0 saturated carbocycles. The molecule has 0 aliphatic carbocycles. The van der Waals surface area contributed by atoms with E-state index in [1.807, 2.05) is 25.1 Å². The smallest absolute Gasteiger partial charge is 0.216 e. The third-order valence-electron chi connectivity index (χ3n) is 3.36. The van der Waals surface area contributed by atoms with E-state index in [9.17, 15) is 4.39 Å². The largest absolute Gasteiger partial charge is 0.481 e. The van der Waals surface area contributed by atoms with Crippen molar-refractivity contribution < 1.29 is 9.13 Å². The molecular formula is C16H20FN3O. The summed E-state index contributed by atoms with van der Waals surface area (Å²) >= 11 is 0. The summed E-state index contributed by atoms with van der Waals surface area (Å²) in [6, 6.07) is 7.10. The number of rotatable bonds is 6. The fourth-order valence-electron chi connectivity index (χ4n) is 2.25. The minimum absolute atomic E-state index is 0.0777. The van der Waals surface area contributed by atoms with Crippen molar-refractivity contribution in [3.63, 3.8) is 0 Å². The first-order valence-electron chi connectivity index (χ1n) is 6.98. The van der Waals surface area contributed by atoms with Crippen molar-refractivity contribution in [2.24, 2.45) is 0 Å². The van der Waals surface area contributed by atoms with Gasteiger partial charge in [-0.25, -0.2) is 14.4 Å². The van der Waals surface area contributed by atoms with Gasteiger partial charge in [0.25, 0.3) is 0 Å². The van der Waals surface area contributed by atoms with Crippen molar-refractivity contribution in [2.75, 3.05) is 13.7 Å². The Labute approximate surface area is 124 Å². The fraction of sp³-hybridized carbons (Fsp3) is 0.375. The van der Waals surface area contributed by atoms with Crippen LogP contribution in [0.2, 0.25) is 0 Å². The van der Waals surface area contributed by atoms with Crippen molar-refractivity contribution in [2.45, 2.75) is 26.3 Å². The van der Waals surface area contributed by atoms with Crippen LogP contribution in [0.1, 0.15) is 29.8 Å². The van der Waals surface area contributed by atoms with E-state index in [0.717, 1.165) is 17.8 Å². The number of likely N-dealkylation sites (N-methyl/N-ethyl adjacent to an activating group) is 1. The zero-order valence-electron chi connectivity index (χ0n) is 12.6. The Morgan fingerprint density at radius 2 is 2.10 bits per heavy atom. The molecular weight excluding hydrogens is 269 g/mol. The molecule has 5 heteroatoms. The van der Waals surface area contributed by atoms with Gasteiger partial charge in [-0.3, -0.25) is 0 Å². The summed E-state index contributed by atoms with van der Waals surface area (Å²) in [7, 11) is 1.58. The summed E-state index contributed by atoms with van der Waals surface area (Å²) in [5.41, 5.74) is 2.58. The van der Waals surface area contributed by atoms with Gasteiger partial charge in [0.1, 0.15) is 12.1 Å². The topological polar surface area (TPSA) is 47.0 Å². The molecule has 2 aromatic rings. The van der Waals surface area contributed by atoms with E-state index in [1.54, 1.807) is 14.0 Å². The van der Waals surface area contributed by atoms with Gasteiger partial charge in [-0.15, -0.1) is 0 Å². The van der Waals surface area contributed by atoms with E-state index < -0.39 is 0 Å². The van der Waals surface area contributed by atoms with E-state index in [1.165, 1.54) is 12.4 Å². The first-order valence-corrected chi connectivity index (χ1v) is 6.98. The molecule has 0 amide bonds. The number of benzene rings is 1. The van der Waals surface area contributed by atoms with Crippen LogP contribution in [0.4, 0.5) is 4.39 Å². The van der Waals surface area contributed by atoms with Gasteiger partial charge in [-0.05, 0) is 30.7 Å². The first-order chi connectivity index (χ1) is 10.1. The second kappa shape index (κ2) is 7.13. The Morgan fingerprint density at radius 3 is 2.76 bits per heavy atom. The summed E-state index contributed by atoms with van der Waals surface area (Å²) in [5.74, 6) is 0.364. The van der Waals surface area contributed by atoms with Crippen molar-refractivity contribution in [1.82, 2.24) is 15.3 Å². The van der Waals surface area contributed by atoms with Crippen LogP contribution in [0.15, 0.2) is 30.6 Å². The molecule has 0 saturated heterocycles. The number of ether oxygens (including phenoxy) is 1. The number of hydrogen-bond acceptors (Lipinski definition) is 4. The predicted octanol–water partition coefficient (Wildman–Crippen LogP) is 2.83. The summed E-state index contributed by atoms with van der Waals surface area (Å²) < 4.78 is 18.5. The molecule has 0 bridgehead atoms. The Morgan fingerprint density at radius 1 is 1.29 bits per heavy atom. The van der Waals surface area contributed by atoms with Gasteiger partial charge >= 0.3 is 0 Å². The molecule has 1 atom stereocenters. The highest BCUT2D eigenvalue weighted by molar-refractivity contribution is 5.28. The van der Waals surface area contributed by atoms with Crippen LogP contribution in [0.3, 0.4) is 0 Å². The minimum Gasteiger partial charge on any atom is -0.481 e. The fourth-order valence-corrected chi connectivity index (χ4v) is 2.25. The van der Waals surface area contributed by atoms with E-state index in [0.29, 0.717) is 17.9 Å². The van der Waals surface area contributed by atoms with Gasteiger partial charge in [0, 0.05) is 24.2 Å². The predicted molar refractivity (Wildman–Crippen MR) is 79.8 cm³/mol. The van der Waals surface area contributed by atoms with Gasteiger partial charge < -0.3 is 10.1 Å². The highest BCUT2D eigenvalue weighted by atomic mass is 19.1. The van der Waals surface area contributed by atoms with Crippen LogP contribution in [0.5, 0.6) is 5.88 Å². The highest BCUT2D eigenvalue weighted by Gasteiger charge is 2.14. The first kappa shape index (κ1) is 15.4. The van der Waals surface area contributed by atoms with Crippen LogP contribution in [-0.2, 0) is 6.42 Å². The number of nitrogens with zero attached hydrogens (tertiary/aromatic N) is 2. The average molecular weight is 289 g/mol. The van der Waals surface area contributed by atoms with Gasteiger partial charge in [0.05, 0.1) is 7.11 Å². The van der Waals surface area contributed by atoms with E-state index in [2.05, 4.69) is 15.3 Å². The van der Waals surface area contributed by atoms with Gasteiger partial charge in [-0.1, -0.05) is 19.1 Å². The van der Waals surface area contributed by atoms with Crippen molar-refractivity contribution in [3.05, 3.63) is 53.2 Å². The average Bonchev–Trinajstić information content (AvgIpc) is 2.50. The van der Waals surface area contributed by atoms with Gasteiger partial charge in [-0.2, -0.15) is 0 Å². The second-order valence-electron chi connectivity index (χ2n) is 4.87. The monoisotopic (exact) mass is 289 g/mol. The Balaban J connectivity index is 2.23. The standard InChI is InChI=1S/C16H20FN3O/c1-4-18-15(12-5-6-14(17)11(2)7-12)8-13-9-16(21-3)20-10-19-13/h5-7,9-10,15,18H,4,8H2,1-3H3. The molecule has 1 aromatic carbocycles. The number of nitrogens with one attached hydrogen (secondary N) is 1. The molecule has 1 unspecified atom stereocenters. The molecule has 0 radical (unpaired) electrons. The molecule has 21 heavy (non-hydrogen) atoms. The molecule has 112 valence electrons. The molecule has 4 nitrogen and oxygen atoms in total. The van der Waals surface area contributed by atoms with Crippen LogP contribution >= 0.6 is 0 Å². The Hall–Kier alpha value is -2.01. The molecule has 2 rings (SSSR count). The van der Waals surface area contributed by atoms with Crippen molar-refractivity contribution in [1.29, 1.82) is 0 Å². The van der Waals surface area contributed by atoms with E-state index in [-0.39, 0.29) is 11.9 Å². The molecule has 1 heterocycles. The van der Waals surface area contributed by atoms with Crippen molar-refractivity contribution >= 4 is 0 Å². The van der Waals surface area contributed by atoms with Gasteiger partial charge in [0.15, 0.2) is 0 Å². The quantitative estimate of drug-likeness (QED) is 0.888. The molecule has 1 aromatic heterocycles. The maximum atomic E-state index is 13.4. The Kier molecular flexibility index (Phi) is 5.22. The number of halogens is 1. The zero-order valence-corrected chi connectivity index (χ0v) is 12.6. The van der Waals surface area contributed by atoms with Crippen LogP contribution in [-0.4, -0.2) is 23.6 Å². The molecule has 0 spiro atoms. The lowest BCUT2D eigenvalue weighted by Gasteiger charge is -2.19. The maximum Gasteiger partial charge on any atom is 0.216 e. The minimum atomic E-state index is -0.183. The van der Waals surface area contributed by atoms with Gasteiger partial charge in [0.2, 0.25) is 5.88 Å². The molecule has 0 fully saturated rings. The number of aryl methyl sites for hydroxylation is 1. The SMILES string of the molecule is CCNC(Cc1cc(OC)ncn1)c1ccc(F)c(C)c1. The number of methoxy groups -OCH3 is 1. The van der Waals surface area contributed by atoms with Crippen LogP contribution in [0, 0.1) is 12.7 Å². The third-order valence-corrected chi connectivity index (χ3v) is 3.36.